The van der Waals surface area contributed by atoms with Gasteiger partial charge in [0.1, 0.15) is 0 Å². The van der Waals surface area contributed by atoms with Crippen LogP contribution in [0.15, 0.2) is 29.2 Å². The molecule has 0 saturated carbocycles. The molecule has 1 heterocycles. The SMILES string of the molecule is CC(C)c1ccc(S(O)(O)N2CCCCC2C)cc1. The second kappa shape index (κ2) is 5.83. The highest BCUT2D eigenvalue weighted by Gasteiger charge is 2.31. The number of hydrogen-bond acceptors (Lipinski definition) is 3. The molecule has 1 aromatic carbocycles. The number of benzene rings is 1. The maximum atomic E-state index is 10.6. The molecule has 1 aliphatic rings. The molecule has 0 aromatic heterocycles. The summed E-state index contributed by atoms with van der Waals surface area (Å²) in [5.74, 6) is 0.463. The van der Waals surface area contributed by atoms with Crippen LogP contribution in [0.5, 0.6) is 0 Å². The van der Waals surface area contributed by atoms with Gasteiger partial charge in [0.2, 0.25) is 0 Å². The standard InChI is InChI=1S/C15H25NO2S/c1-12(2)14-7-9-15(10-8-14)19(17,18)16-11-5-4-6-13(16)3/h7-10,12-13,17-18H,4-6,11H2,1-3H3. The van der Waals surface area contributed by atoms with E-state index >= 15 is 0 Å². The van der Waals surface area contributed by atoms with Crippen LogP contribution in [0.1, 0.15) is 51.5 Å². The maximum absolute atomic E-state index is 10.6. The van der Waals surface area contributed by atoms with Crippen LogP contribution < -0.4 is 0 Å². The highest BCUT2D eigenvalue weighted by Crippen LogP contribution is 2.54. The minimum Gasteiger partial charge on any atom is -0.281 e. The van der Waals surface area contributed by atoms with Crippen molar-refractivity contribution in [1.82, 2.24) is 4.31 Å². The molecule has 4 heteroatoms. The number of piperidine rings is 1. The first-order valence-electron chi connectivity index (χ1n) is 7.08. The Kier molecular flexibility index (Phi) is 4.56. The lowest BCUT2D eigenvalue weighted by molar-refractivity contribution is 0.240. The van der Waals surface area contributed by atoms with Crippen molar-refractivity contribution in [1.29, 1.82) is 0 Å². The summed E-state index contributed by atoms with van der Waals surface area (Å²) in [5.41, 5.74) is 1.23. The van der Waals surface area contributed by atoms with Crippen LogP contribution in [0.2, 0.25) is 0 Å². The van der Waals surface area contributed by atoms with Crippen molar-refractivity contribution in [3.63, 3.8) is 0 Å². The van der Waals surface area contributed by atoms with Crippen LogP contribution in [0.25, 0.3) is 0 Å². The third kappa shape index (κ3) is 3.14. The first-order valence-corrected chi connectivity index (χ1v) is 8.58. The van der Waals surface area contributed by atoms with E-state index in [4.69, 9.17) is 0 Å². The molecule has 2 N–H and O–H groups in total. The van der Waals surface area contributed by atoms with Gasteiger partial charge >= 0.3 is 0 Å². The van der Waals surface area contributed by atoms with Gasteiger partial charge in [0, 0.05) is 12.6 Å². The molecule has 108 valence electrons. The first kappa shape index (κ1) is 14.9. The van der Waals surface area contributed by atoms with Crippen molar-refractivity contribution in [3.8, 4) is 0 Å². The van der Waals surface area contributed by atoms with E-state index in [1.54, 1.807) is 0 Å². The quantitative estimate of drug-likeness (QED) is 0.844. The third-order valence-corrected chi connectivity index (χ3v) is 6.03. The number of rotatable bonds is 3. The lowest BCUT2D eigenvalue weighted by Gasteiger charge is -2.48. The molecule has 2 rings (SSSR count). The highest BCUT2D eigenvalue weighted by molar-refractivity contribution is 8.22. The third-order valence-electron chi connectivity index (χ3n) is 3.93. The van der Waals surface area contributed by atoms with Crippen molar-refractivity contribution in [2.24, 2.45) is 0 Å². The lowest BCUT2D eigenvalue weighted by Crippen LogP contribution is -2.39. The number of hydrogen-bond donors (Lipinski definition) is 2. The molecule has 1 fully saturated rings. The average Bonchev–Trinajstić information content (AvgIpc) is 2.39. The van der Waals surface area contributed by atoms with Crippen molar-refractivity contribution >= 4 is 10.8 Å². The summed E-state index contributed by atoms with van der Waals surface area (Å²) in [6.07, 6.45) is 3.27. The highest BCUT2D eigenvalue weighted by atomic mass is 32.3. The molecular weight excluding hydrogens is 258 g/mol. The van der Waals surface area contributed by atoms with E-state index < -0.39 is 10.8 Å². The van der Waals surface area contributed by atoms with Gasteiger partial charge in [-0.2, -0.15) is 4.31 Å². The molecule has 0 bridgehead atoms. The largest absolute Gasteiger partial charge is 0.281 e. The van der Waals surface area contributed by atoms with E-state index in [1.165, 1.54) is 12.0 Å². The molecule has 1 aliphatic heterocycles. The van der Waals surface area contributed by atoms with Crippen molar-refractivity contribution in [2.75, 3.05) is 6.54 Å². The van der Waals surface area contributed by atoms with Crippen LogP contribution >= 0.6 is 10.8 Å². The Labute approximate surface area is 118 Å². The summed E-state index contributed by atoms with van der Waals surface area (Å²) in [7, 11) is -2.82. The minimum absolute atomic E-state index is 0.239. The van der Waals surface area contributed by atoms with E-state index in [0.29, 0.717) is 10.8 Å². The van der Waals surface area contributed by atoms with Gasteiger partial charge in [0.25, 0.3) is 0 Å². The minimum atomic E-state index is -2.82. The predicted octanol–water partition coefficient (Wildman–Crippen LogP) is 4.71. The fourth-order valence-corrected chi connectivity index (χ4v) is 4.38. The van der Waals surface area contributed by atoms with Crippen LogP contribution in [-0.4, -0.2) is 26.0 Å². The van der Waals surface area contributed by atoms with Gasteiger partial charge in [0.05, 0.1) is 4.90 Å². The van der Waals surface area contributed by atoms with Gasteiger partial charge in [-0.1, -0.05) is 32.4 Å². The number of nitrogens with zero attached hydrogens (tertiary/aromatic N) is 1. The van der Waals surface area contributed by atoms with Crippen molar-refractivity contribution in [3.05, 3.63) is 29.8 Å². The lowest BCUT2D eigenvalue weighted by atomic mass is 10.0. The molecule has 1 unspecified atom stereocenters. The van der Waals surface area contributed by atoms with Crippen LogP contribution in [0.3, 0.4) is 0 Å². The molecule has 1 saturated heterocycles. The van der Waals surface area contributed by atoms with E-state index in [9.17, 15) is 9.11 Å². The second-order valence-corrected chi connectivity index (χ2v) is 7.71. The summed E-state index contributed by atoms with van der Waals surface area (Å²) in [6.45, 7) is 7.13. The van der Waals surface area contributed by atoms with E-state index in [2.05, 4.69) is 20.8 Å². The average molecular weight is 283 g/mol. The molecular formula is C15H25NO2S. The Balaban J connectivity index is 2.22. The van der Waals surface area contributed by atoms with E-state index in [1.807, 2.05) is 28.6 Å². The molecule has 0 spiro atoms. The fourth-order valence-electron chi connectivity index (χ4n) is 2.62. The Morgan fingerprint density at radius 1 is 1.16 bits per heavy atom. The van der Waals surface area contributed by atoms with E-state index in [-0.39, 0.29) is 6.04 Å². The molecule has 19 heavy (non-hydrogen) atoms. The Bertz CT molecular complexity index is 417. The fraction of sp³-hybridized carbons (Fsp3) is 0.600. The first-order chi connectivity index (χ1) is 8.93. The van der Waals surface area contributed by atoms with E-state index in [0.717, 1.165) is 19.4 Å². The molecule has 1 aromatic rings. The Morgan fingerprint density at radius 3 is 2.32 bits per heavy atom. The summed E-state index contributed by atoms with van der Waals surface area (Å²) >= 11 is 0. The smallest absolute Gasteiger partial charge is 0.0752 e. The van der Waals surface area contributed by atoms with Crippen LogP contribution in [0, 0.1) is 0 Å². The van der Waals surface area contributed by atoms with Crippen molar-refractivity contribution in [2.45, 2.75) is 56.9 Å². The van der Waals surface area contributed by atoms with Gasteiger partial charge in [0.15, 0.2) is 0 Å². The summed E-state index contributed by atoms with van der Waals surface area (Å²) in [6, 6.07) is 7.98. The summed E-state index contributed by atoms with van der Waals surface area (Å²) in [4.78, 5) is 0.644. The molecule has 0 aliphatic carbocycles. The van der Waals surface area contributed by atoms with Gasteiger partial charge in [-0.25, -0.2) is 0 Å². The van der Waals surface area contributed by atoms with Gasteiger partial charge < -0.3 is 0 Å². The topological polar surface area (TPSA) is 43.7 Å². The predicted molar refractivity (Wildman–Crippen MR) is 81.7 cm³/mol. The maximum Gasteiger partial charge on any atom is 0.0752 e. The van der Waals surface area contributed by atoms with Crippen LogP contribution in [0.4, 0.5) is 0 Å². The summed E-state index contributed by atoms with van der Waals surface area (Å²) < 4.78 is 23.0. The second-order valence-electron chi connectivity index (χ2n) is 5.73. The zero-order valence-electron chi connectivity index (χ0n) is 12.0. The van der Waals surface area contributed by atoms with Crippen molar-refractivity contribution < 1.29 is 9.11 Å². The van der Waals surface area contributed by atoms with Crippen LogP contribution in [-0.2, 0) is 0 Å². The van der Waals surface area contributed by atoms with Gasteiger partial charge in [-0.15, -0.1) is 10.8 Å². The normalized spacial score (nSPS) is 22.7. The molecule has 3 nitrogen and oxygen atoms in total. The zero-order valence-corrected chi connectivity index (χ0v) is 12.9. The Morgan fingerprint density at radius 2 is 1.79 bits per heavy atom. The zero-order chi connectivity index (χ0) is 14.0. The summed E-state index contributed by atoms with van der Waals surface area (Å²) in [5, 5.41) is 0. The van der Waals surface area contributed by atoms with Gasteiger partial charge in [-0.05, 0) is 43.4 Å². The van der Waals surface area contributed by atoms with Gasteiger partial charge in [-0.3, -0.25) is 9.11 Å². The monoisotopic (exact) mass is 283 g/mol. The molecule has 1 atom stereocenters. The Hall–Kier alpha value is -0.550. The molecule has 0 amide bonds. The molecule has 0 radical (unpaired) electrons.